The molecule has 1 aliphatic carbocycles. The molecule has 4 fully saturated rings. The molecule has 0 unspecified atom stereocenters. The molecule has 3 saturated heterocycles. The van der Waals surface area contributed by atoms with Gasteiger partial charge in [0.15, 0.2) is 5.60 Å². The summed E-state index contributed by atoms with van der Waals surface area (Å²) in [6.07, 6.45) is -2.76. The fourth-order valence-corrected chi connectivity index (χ4v) is 5.87. The molecule has 26 heavy (non-hydrogen) atoms. The smallest absolute Gasteiger partial charge is 0.449 e. The SMILES string of the molecule is CCSCC1=C(C(F)(F)F)O[C@@H]2O[C@@]3(C)CC[C@H]4[C@H](C)CC[C@@H]1[C@@]24OO3. The zero-order valence-corrected chi connectivity index (χ0v) is 16.0. The van der Waals surface area contributed by atoms with Crippen LogP contribution in [0.15, 0.2) is 11.3 Å². The Morgan fingerprint density at radius 3 is 2.65 bits per heavy atom. The van der Waals surface area contributed by atoms with Crippen molar-refractivity contribution in [2.24, 2.45) is 17.8 Å². The molecule has 5 rings (SSSR count). The van der Waals surface area contributed by atoms with Gasteiger partial charge in [0.2, 0.25) is 17.8 Å². The number of ether oxygens (including phenoxy) is 2. The summed E-state index contributed by atoms with van der Waals surface area (Å²) in [5.74, 6) is -0.961. The van der Waals surface area contributed by atoms with Crippen LogP contribution in [0.3, 0.4) is 0 Å². The van der Waals surface area contributed by atoms with Gasteiger partial charge in [0, 0.05) is 24.0 Å². The number of allylic oxidation sites excluding steroid dienone is 1. The van der Waals surface area contributed by atoms with E-state index in [1.165, 1.54) is 11.8 Å². The Labute approximate surface area is 155 Å². The van der Waals surface area contributed by atoms with Gasteiger partial charge in [-0.05, 0) is 43.4 Å². The lowest BCUT2D eigenvalue weighted by Gasteiger charge is -2.57. The van der Waals surface area contributed by atoms with Gasteiger partial charge in [-0.2, -0.15) is 24.9 Å². The molecule has 148 valence electrons. The van der Waals surface area contributed by atoms with Crippen LogP contribution in [0.2, 0.25) is 0 Å². The van der Waals surface area contributed by atoms with Gasteiger partial charge in [0.1, 0.15) is 0 Å². The van der Waals surface area contributed by atoms with Gasteiger partial charge < -0.3 is 9.47 Å². The molecule has 2 bridgehead atoms. The van der Waals surface area contributed by atoms with Crippen molar-refractivity contribution in [1.82, 2.24) is 0 Å². The normalized spacial score (nSPS) is 45.2. The van der Waals surface area contributed by atoms with Crippen LogP contribution in [0.25, 0.3) is 0 Å². The molecule has 6 atom stereocenters. The van der Waals surface area contributed by atoms with Gasteiger partial charge in [-0.3, -0.25) is 0 Å². The molecule has 0 aromatic heterocycles. The third kappa shape index (κ3) is 2.71. The number of thioether (sulfide) groups is 1. The van der Waals surface area contributed by atoms with Gasteiger partial charge in [0.25, 0.3) is 0 Å². The predicted octanol–water partition coefficient (Wildman–Crippen LogP) is 4.80. The van der Waals surface area contributed by atoms with E-state index >= 15 is 0 Å². The largest absolute Gasteiger partial charge is 0.456 e. The molecule has 1 saturated carbocycles. The van der Waals surface area contributed by atoms with Crippen LogP contribution in [0, 0.1) is 17.8 Å². The molecule has 5 aliphatic rings. The highest BCUT2D eigenvalue weighted by molar-refractivity contribution is 7.99. The van der Waals surface area contributed by atoms with E-state index in [0.29, 0.717) is 24.3 Å². The summed E-state index contributed by atoms with van der Waals surface area (Å²) in [6.45, 7) is 5.79. The maximum absolute atomic E-state index is 13.8. The molecule has 4 aliphatic heterocycles. The fraction of sp³-hybridized carbons (Fsp3) is 0.889. The van der Waals surface area contributed by atoms with Crippen LogP contribution in [0.1, 0.15) is 46.5 Å². The average molecular weight is 394 g/mol. The molecular formula is C18H25F3O4S. The van der Waals surface area contributed by atoms with E-state index in [2.05, 4.69) is 6.92 Å². The van der Waals surface area contributed by atoms with E-state index in [1.807, 2.05) is 6.92 Å². The van der Waals surface area contributed by atoms with Crippen molar-refractivity contribution in [2.45, 2.75) is 70.3 Å². The lowest BCUT2D eigenvalue weighted by molar-refractivity contribution is -0.557. The molecule has 0 N–H and O–H groups in total. The second kappa shape index (κ2) is 6.29. The zero-order valence-electron chi connectivity index (χ0n) is 15.2. The van der Waals surface area contributed by atoms with Crippen molar-refractivity contribution < 1.29 is 32.4 Å². The lowest BCUT2D eigenvalue weighted by atomic mass is 9.59. The maximum Gasteiger partial charge on any atom is 0.449 e. The zero-order chi connectivity index (χ0) is 18.7. The summed E-state index contributed by atoms with van der Waals surface area (Å²) in [6, 6.07) is 0. The maximum atomic E-state index is 13.8. The molecular weight excluding hydrogens is 369 g/mol. The lowest BCUT2D eigenvalue weighted by Crippen LogP contribution is -2.67. The standard InChI is InChI=1S/C18H25F3O4S/c1-4-26-9-11-13-6-5-10(2)12-7-8-16(3)23-15(17(12,13)25-24-16)22-14(11)18(19,20)21/h10,12-13,15H,4-9H2,1-3H3/t10-,12+,13+,15-,16-,17-/m1/s1. The van der Waals surface area contributed by atoms with E-state index in [0.717, 1.165) is 18.6 Å². The van der Waals surface area contributed by atoms with Crippen LogP contribution in [-0.4, -0.2) is 35.4 Å². The topological polar surface area (TPSA) is 36.9 Å². The van der Waals surface area contributed by atoms with Crippen LogP contribution >= 0.6 is 11.8 Å². The fourth-order valence-electron chi connectivity index (χ4n) is 5.12. The number of alkyl halides is 3. The van der Waals surface area contributed by atoms with Gasteiger partial charge in [0.05, 0.1) is 0 Å². The second-order valence-corrected chi connectivity index (χ2v) is 9.24. The monoisotopic (exact) mass is 394 g/mol. The number of halogens is 3. The summed E-state index contributed by atoms with van der Waals surface area (Å²) in [7, 11) is 0. The first kappa shape index (κ1) is 18.9. The molecule has 0 amide bonds. The number of hydrogen-bond acceptors (Lipinski definition) is 5. The Balaban J connectivity index is 1.85. The van der Waals surface area contributed by atoms with Gasteiger partial charge in [-0.1, -0.05) is 13.8 Å². The van der Waals surface area contributed by atoms with E-state index in [4.69, 9.17) is 19.2 Å². The molecule has 4 nitrogen and oxygen atoms in total. The van der Waals surface area contributed by atoms with Crippen LogP contribution in [0.5, 0.6) is 0 Å². The molecule has 0 aromatic carbocycles. The van der Waals surface area contributed by atoms with Crippen molar-refractivity contribution in [3.8, 4) is 0 Å². The molecule has 8 heteroatoms. The first-order valence-electron chi connectivity index (χ1n) is 9.30. The molecule has 0 aromatic rings. The van der Waals surface area contributed by atoms with Crippen molar-refractivity contribution in [1.29, 1.82) is 0 Å². The summed E-state index contributed by atoms with van der Waals surface area (Å²) >= 11 is 1.47. The first-order chi connectivity index (χ1) is 12.2. The summed E-state index contributed by atoms with van der Waals surface area (Å²) in [4.78, 5) is 11.5. The highest BCUT2D eigenvalue weighted by atomic mass is 32.2. The Hall–Kier alpha value is -0.440. The van der Waals surface area contributed by atoms with Crippen molar-refractivity contribution in [3.05, 3.63) is 11.3 Å². The Bertz CT molecular complexity index is 610. The van der Waals surface area contributed by atoms with Crippen LogP contribution in [-0.2, 0) is 19.2 Å². The minimum Gasteiger partial charge on any atom is -0.456 e. The van der Waals surface area contributed by atoms with Crippen LogP contribution in [0.4, 0.5) is 13.2 Å². The van der Waals surface area contributed by atoms with Crippen molar-refractivity contribution in [2.75, 3.05) is 11.5 Å². The number of rotatable bonds is 3. The van der Waals surface area contributed by atoms with E-state index in [9.17, 15) is 13.2 Å². The molecule has 0 radical (unpaired) electrons. The number of fused-ring (bicyclic) bond motifs is 2. The molecule has 4 heterocycles. The minimum atomic E-state index is -4.54. The Kier molecular flexibility index (Phi) is 4.57. The van der Waals surface area contributed by atoms with Crippen molar-refractivity contribution in [3.63, 3.8) is 0 Å². The van der Waals surface area contributed by atoms with E-state index in [-0.39, 0.29) is 11.7 Å². The predicted molar refractivity (Wildman–Crippen MR) is 90.0 cm³/mol. The second-order valence-electron chi connectivity index (χ2n) is 7.96. The summed E-state index contributed by atoms with van der Waals surface area (Å²) in [5, 5.41) is 0. The first-order valence-corrected chi connectivity index (χ1v) is 10.5. The van der Waals surface area contributed by atoms with Gasteiger partial charge in [-0.15, -0.1) is 0 Å². The average Bonchev–Trinajstić information content (AvgIpc) is 2.80. The van der Waals surface area contributed by atoms with Crippen molar-refractivity contribution >= 4 is 11.8 Å². The summed E-state index contributed by atoms with van der Waals surface area (Å²) < 4.78 is 52.9. The van der Waals surface area contributed by atoms with Gasteiger partial charge >= 0.3 is 6.18 Å². The Morgan fingerprint density at radius 1 is 1.19 bits per heavy atom. The summed E-state index contributed by atoms with van der Waals surface area (Å²) in [5.41, 5.74) is -0.693. The minimum absolute atomic E-state index is 0.0481. The Morgan fingerprint density at radius 2 is 1.96 bits per heavy atom. The molecule has 1 spiro atoms. The van der Waals surface area contributed by atoms with E-state index < -0.39 is 35.5 Å². The highest BCUT2D eigenvalue weighted by Gasteiger charge is 2.70. The highest BCUT2D eigenvalue weighted by Crippen LogP contribution is 2.61. The van der Waals surface area contributed by atoms with E-state index in [1.54, 1.807) is 6.92 Å². The third-order valence-corrected chi connectivity index (χ3v) is 7.30. The number of hydrogen-bond donors (Lipinski definition) is 0. The van der Waals surface area contributed by atoms with Gasteiger partial charge in [-0.25, -0.2) is 9.78 Å². The van der Waals surface area contributed by atoms with Crippen LogP contribution < -0.4 is 0 Å². The third-order valence-electron chi connectivity index (χ3n) is 6.37. The quantitative estimate of drug-likeness (QED) is 0.643.